The van der Waals surface area contributed by atoms with Gasteiger partial charge in [0.2, 0.25) is 0 Å². The van der Waals surface area contributed by atoms with E-state index >= 15 is 0 Å². The van der Waals surface area contributed by atoms with Crippen molar-refractivity contribution in [3.8, 4) is 0 Å². The van der Waals surface area contributed by atoms with E-state index in [9.17, 15) is 5.11 Å². The van der Waals surface area contributed by atoms with Crippen LogP contribution in [0.3, 0.4) is 0 Å². The number of aliphatic hydroxyl groups excluding tert-OH is 2. The first-order chi connectivity index (χ1) is 9.62. The summed E-state index contributed by atoms with van der Waals surface area (Å²) in [6.45, 7) is 13.0. The lowest BCUT2D eigenvalue weighted by Gasteiger charge is -2.35. The van der Waals surface area contributed by atoms with Crippen LogP contribution in [0.5, 0.6) is 0 Å². The van der Waals surface area contributed by atoms with Crippen LogP contribution in [0.25, 0.3) is 0 Å². The average molecular weight is 305 g/mol. The van der Waals surface area contributed by atoms with Crippen molar-refractivity contribution in [3.63, 3.8) is 0 Å². The van der Waals surface area contributed by atoms with E-state index in [1.54, 1.807) is 14.0 Å². The summed E-state index contributed by atoms with van der Waals surface area (Å²) in [6.07, 6.45) is 1.16. The fourth-order valence-electron chi connectivity index (χ4n) is 1.95. The van der Waals surface area contributed by atoms with Gasteiger partial charge in [-0.25, -0.2) is 0 Å². The quantitative estimate of drug-likeness (QED) is 0.574. The molecule has 0 radical (unpaired) electrons. The van der Waals surface area contributed by atoms with Crippen LogP contribution in [0, 0.1) is 0 Å². The molecule has 0 aromatic heterocycles. The topological polar surface area (TPSA) is 62.2 Å². The first-order valence-corrected chi connectivity index (χ1v) is 7.82. The third-order valence-corrected chi connectivity index (χ3v) is 3.46. The molecule has 0 rings (SSSR count). The molecule has 21 heavy (non-hydrogen) atoms. The van der Waals surface area contributed by atoms with E-state index in [0.717, 1.165) is 32.5 Å². The number of ether oxygens (including phenoxy) is 2. The largest absolute Gasteiger partial charge is 0.396 e. The van der Waals surface area contributed by atoms with Gasteiger partial charge in [0.25, 0.3) is 0 Å². The predicted octanol–water partition coefficient (Wildman–Crippen LogP) is 1.66. The zero-order valence-corrected chi connectivity index (χ0v) is 14.7. The van der Waals surface area contributed by atoms with E-state index in [4.69, 9.17) is 14.6 Å². The molecule has 0 saturated carbocycles. The van der Waals surface area contributed by atoms with Crippen molar-refractivity contribution >= 4 is 0 Å². The standard InChI is InChI=1S/C16H35NO4/c1-14(19)8-10-17(9-7-11-18)12-15(2,3)21-13-16(4,5)20-6/h14,18-19H,7-13H2,1-6H3. The summed E-state index contributed by atoms with van der Waals surface area (Å²) in [5.41, 5.74) is -0.600. The molecular weight excluding hydrogens is 270 g/mol. The van der Waals surface area contributed by atoms with Gasteiger partial charge >= 0.3 is 0 Å². The Labute approximate surface area is 130 Å². The van der Waals surface area contributed by atoms with Gasteiger partial charge in [0.1, 0.15) is 0 Å². The van der Waals surface area contributed by atoms with Crippen molar-refractivity contribution in [2.24, 2.45) is 0 Å². The zero-order valence-electron chi connectivity index (χ0n) is 14.7. The molecule has 0 aromatic rings. The van der Waals surface area contributed by atoms with Gasteiger partial charge in [0, 0.05) is 33.4 Å². The predicted molar refractivity (Wildman–Crippen MR) is 85.6 cm³/mol. The number of hydrogen-bond donors (Lipinski definition) is 2. The Morgan fingerprint density at radius 3 is 2.19 bits per heavy atom. The molecule has 0 amide bonds. The van der Waals surface area contributed by atoms with E-state index in [0.29, 0.717) is 6.61 Å². The molecule has 0 aromatic carbocycles. The molecule has 0 bridgehead atoms. The molecule has 0 aliphatic carbocycles. The number of rotatable bonds is 12. The third-order valence-electron chi connectivity index (χ3n) is 3.46. The van der Waals surface area contributed by atoms with E-state index < -0.39 is 0 Å². The Kier molecular flexibility index (Phi) is 9.65. The van der Waals surface area contributed by atoms with Crippen molar-refractivity contribution in [3.05, 3.63) is 0 Å². The molecule has 5 heteroatoms. The van der Waals surface area contributed by atoms with E-state index in [1.807, 2.05) is 13.8 Å². The van der Waals surface area contributed by atoms with Crippen molar-refractivity contribution in [2.75, 3.05) is 40.0 Å². The van der Waals surface area contributed by atoms with Gasteiger partial charge in [0.15, 0.2) is 0 Å². The number of hydrogen-bond acceptors (Lipinski definition) is 5. The Morgan fingerprint density at radius 2 is 1.71 bits per heavy atom. The van der Waals surface area contributed by atoms with Crippen molar-refractivity contribution in [1.29, 1.82) is 0 Å². The van der Waals surface area contributed by atoms with E-state index in [1.165, 1.54) is 0 Å². The second kappa shape index (κ2) is 9.74. The third kappa shape index (κ3) is 11.1. The fraction of sp³-hybridized carbons (Fsp3) is 1.00. The molecule has 2 N–H and O–H groups in total. The molecule has 0 aliphatic heterocycles. The van der Waals surface area contributed by atoms with Crippen LogP contribution in [0.4, 0.5) is 0 Å². The molecule has 0 aliphatic rings. The van der Waals surface area contributed by atoms with Crippen LogP contribution in [0.1, 0.15) is 47.5 Å². The molecule has 128 valence electrons. The number of aliphatic hydroxyl groups is 2. The highest BCUT2D eigenvalue weighted by Gasteiger charge is 2.26. The van der Waals surface area contributed by atoms with Crippen LogP contribution in [0.15, 0.2) is 0 Å². The Morgan fingerprint density at radius 1 is 1.10 bits per heavy atom. The minimum Gasteiger partial charge on any atom is -0.396 e. The van der Waals surface area contributed by atoms with Gasteiger partial charge in [-0.3, -0.25) is 0 Å². The fourth-order valence-corrected chi connectivity index (χ4v) is 1.95. The zero-order chi connectivity index (χ0) is 16.5. The summed E-state index contributed by atoms with van der Waals surface area (Å²) in [7, 11) is 1.69. The highest BCUT2D eigenvalue weighted by molar-refractivity contribution is 4.78. The second-order valence-corrected chi connectivity index (χ2v) is 7.00. The molecule has 0 spiro atoms. The molecule has 0 heterocycles. The van der Waals surface area contributed by atoms with Crippen LogP contribution >= 0.6 is 0 Å². The second-order valence-electron chi connectivity index (χ2n) is 7.00. The maximum absolute atomic E-state index is 9.44. The van der Waals surface area contributed by atoms with Gasteiger partial charge in [-0.05, 0) is 47.5 Å². The highest BCUT2D eigenvalue weighted by atomic mass is 16.5. The lowest BCUT2D eigenvalue weighted by atomic mass is 10.1. The number of methoxy groups -OCH3 is 1. The maximum atomic E-state index is 9.44. The van der Waals surface area contributed by atoms with Gasteiger partial charge < -0.3 is 24.6 Å². The summed E-state index contributed by atoms with van der Waals surface area (Å²) < 4.78 is 11.4. The van der Waals surface area contributed by atoms with Crippen molar-refractivity contribution in [1.82, 2.24) is 4.90 Å². The first-order valence-electron chi connectivity index (χ1n) is 7.82. The van der Waals surface area contributed by atoms with Crippen LogP contribution < -0.4 is 0 Å². The van der Waals surface area contributed by atoms with Crippen molar-refractivity contribution < 1.29 is 19.7 Å². The summed E-state index contributed by atoms with van der Waals surface area (Å²) >= 11 is 0. The van der Waals surface area contributed by atoms with Gasteiger partial charge in [-0.15, -0.1) is 0 Å². The molecule has 0 saturated heterocycles. The molecule has 1 atom stereocenters. The summed E-state index contributed by atoms with van der Waals surface area (Å²) in [5, 5.41) is 18.5. The van der Waals surface area contributed by atoms with Gasteiger partial charge in [-0.2, -0.15) is 0 Å². The van der Waals surface area contributed by atoms with Crippen LogP contribution in [-0.4, -0.2) is 72.4 Å². The van der Waals surface area contributed by atoms with Crippen LogP contribution in [-0.2, 0) is 9.47 Å². The van der Waals surface area contributed by atoms with Crippen LogP contribution in [0.2, 0.25) is 0 Å². The Bertz CT molecular complexity index is 267. The summed E-state index contributed by atoms with van der Waals surface area (Å²) in [6, 6.07) is 0. The Balaban J connectivity index is 4.41. The van der Waals surface area contributed by atoms with E-state index in [-0.39, 0.29) is 23.9 Å². The SMILES string of the molecule is COC(C)(C)COC(C)(C)CN(CCCO)CCC(C)O. The molecule has 5 nitrogen and oxygen atoms in total. The summed E-state index contributed by atoms with van der Waals surface area (Å²) in [4.78, 5) is 2.24. The smallest absolute Gasteiger partial charge is 0.0855 e. The minimum absolute atomic E-state index is 0.184. The van der Waals surface area contributed by atoms with Crippen molar-refractivity contribution in [2.45, 2.75) is 64.8 Å². The summed E-state index contributed by atoms with van der Waals surface area (Å²) in [5.74, 6) is 0. The highest BCUT2D eigenvalue weighted by Crippen LogP contribution is 2.17. The molecule has 1 unspecified atom stereocenters. The monoisotopic (exact) mass is 305 g/mol. The first kappa shape index (κ1) is 20.8. The van der Waals surface area contributed by atoms with E-state index in [2.05, 4.69) is 18.7 Å². The molecular formula is C16H35NO4. The lowest BCUT2D eigenvalue weighted by molar-refractivity contribution is -0.115. The van der Waals surface area contributed by atoms with Gasteiger partial charge in [-0.1, -0.05) is 0 Å². The minimum atomic E-state index is -0.307. The molecule has 0 fully saturated rings. The maximum Gasteiger partial charge on any atom is 0.0855 e. The lowest BCUT2D eigenvalue weighted by Crippen LogP contribution is -2.45. The average Bonchev–Trinajstić information content (AvgIpc) is 2.39. The normalized spacial score (nSPS) is 14.7. The number of nitrogens with zero attached hydrogens (tertiary/aromatic N) is 1. The Hall–Kier alpha value is -0.200. The van der Waals surface area contributed by atoms with Gasteiger partial charge in [0.05, 0.1) is 23.9 Å².